The molecule has 10 heteroatoms. The second-order valence-electron chi connectivity index (χ2n) is 8.37. The highest BCUT2D eigenvalue weighted by Gasteiger charge is 2.24. The van der Waals surface area contributed by atoms with Crippen LogP contribution < -0.4 is 0 Å². The third-order valence-corrected chi connectivity index (χ3v) is 8.32. The molecule has 2 unspecified atom stereocenters. The maximum Gasteiger partial charge on any atom is 0.358 e. The minimum atomic E-state index is -1.19. The van der Waals surface area contributed by atoms with E-state index in [1.54, 1.807) is 13.3 Å². The van der Waals surface area contributed by atoms with Crippen LogP contribution in [-0.4, -0.2) is 49.9 Å². The number of nitrogens with one attached hydrogen (secondary N) is 1. The molecule has 0 spiro atoms. The number of ether oxygens (including phenoxy) is 3. The molecule has 0 aliphatic heterocycles. The molecule has 3 aromatic rings. The number of benzene rings is 1. The molecular formula is C21H27BrN2O5SSi. The van der Waals surface area contributed by atoms with Gasteiger partial charge in [-0.15, -0.1) is 11.3 Å². The molecule has 0 saturated heterocycles. The molecule has 2 aromatic heterocycles. The van der Waals surface area contributed by atoms with Crippen LogP contribution in [0.4, 0.5) is 0 Å². The van der Waals surface area contributed by atoms with Gasteiger partial charge in [0.2, 0.25) is 0 Å². The molecule has 0 bridgehead atoms. The molecule has 0 fully saturated rings. The molecule has 2 atom stereocenters. The Bertz CT molecular complexity index is 1060. The summed E-state index contributed by atoms with van der Waals surface area (Å²) >= 11 is 4.52. The van der Waals surface area contributed by atoms with Crippen molar-refractivity contribution in [3.63, 3.8) is 0 Å². The number of carbonyl (C=O) groups is 1. The summed E-state index contributed by atoms with van der Waals surface area (Å²) in [5.41, 5.74) is 2.58. The molecule has 3 rings (SSSR count). The molecule has 1 aromatic carbocycles. The minimum absolute atomic E-state index is 0.155. The first-order valence-corrected chi connectivity index (χ1v) is 15.1. The molecule has 168 valence electrons. The van der Waals surface area contributed by atoms with Gasteiger partial charge in [0, 0.05) is 50.0 Å². The van der Waals surface area contributed by atoms with E-state index in [-0.39, 0.29) is 5.69 Å². The number of thiazole rings is 1. The summed E-state index contributed by atoms with van der Waals surface area (Å²) in [6.45, 7) is 7.59. The maximum absolute atomic E-state index is 11.8. The summed E-state index contributed by atoms with van der Waals surface area (Å²) in [5.74, 6) is -0.551. The highest BCUT2D eigenvalue weighted by Crippen LogP contribution is 2.35. The maximum atomic E-state index is 11.8. The van der Waals surface area contributed by atoms with Gasteiger partial charge in [0.1, 0.15) is 14.9 Å². The highest BCUT2D eigenvalue weighted by molar-refractivity contribution is 9.11. The van der Waals surface area contributed by atoms with Crippen LogP contribution in [0.2, 0.25) is 25.7 Å². The molecule has 0 aliphatic carbocycles. The standard InChI is InChI=1S/C21H27BrN2O5SSi/c1-27-20(26)16-18(22)30-19(24-16)17(25)14-11-23-15-10-12(6-7-13(14)15)21(28-2)29-8-9-31(3,4)5/h6-7,10-11,17,21,23,25H,8-9H2,1-5H3. The highest BCUT2D eigenvalue weighted by atomic mass is 79.9. The number of halogens is 1. The number of hydrogen-bond donors (Lipinski definition) is 2. The van der Waals surface area contributed by atoms with Crippen LogP contribution in [0.3, 0.4) is 0 Å². The van der Waals surface area contributed by atoms with Gasteiger partial charge in [-0.2, -0.15) is 0 Å². The minimum Gasteiger partial charge on any atom is -0.464 e. The van der Waals surface area contributed by atoms with Gasteiger partial charge in [-0.1, -0.05) is 31.8 Å². The van der Waals surface area contributed by atoms with Gasteiger partial charge >= 0.3 is 5.97 Å². The Morgan fingerprint density at radius 2 is 2.06 bits per heavy atom. The number of aromatic amines is 1. The summed E-state index contributed by atoms with van der Waals surface area (Å²) in [7, 11) is 1.74. The van der Waals surface area contributed by atoms with E-state index in [0.29, 0.717) is 21.0 Å². The topological polar surface area (TPSA) is 93.7 Å². The lowest BCUT2D eigenvalue weighted by Crippen LogP contribution is -2.22. The molecule has 2 N–H and O–H groups in total. The quantitative estimate of drug-likeness (QED) is 0.224. The van der Waals surface area contributed by atoms with Gasteiger partial charge in [-0.3, -0.25) is 0 Å². The number of nitrogens with zero attached hydrogens (tertiary/aromatic N) is 1. The number of methoxy groups -OCH3 is 2. The van der Waals surface area contributed by atoms with Crippen molar-refractivity contribution in [2.75, 3.05) is 20.8 Å². The van der Waals surface area contributed by atoms with E-state index >= 15 is 0 Å². The number of aliphatic hydroxyl groups excluding tert-OH is 1. The predicted molar refractivity (Wildman–Crippen MR) is 127 cm³/mol. The fourth-order valence-electron chi connectivity index (χ4n) is 3.10. The largest absolute Gasteiger partial charge is 0.464 e. The van der Waals surface area contributed by atoms with E-state index in [2.05, 4.69) is 45.5 Å². The monoisotopic (exact) mass is 526 g/mol. The zero-order chi connectivity index (χ0) is 22.8. The second-order valence-corrected chi connectivity index (χ2v) is 16.3. The van der Waals surface area contributed by atoms with Crippen LogP contribution in [-0.2, 0) is 14.2 Å². The Kier molecular flexibility index (Phi) is 7.71. The number of hydrogen-bond acceptors (Lipinski definition) is 7. The van der Waals surface area contributed by atoms with E-state index < -0.39 is 26.4 Å². The molecule has 0 saturated carbocycles. The van der Waals surface area contributed by atoms with Gasteiger partial charge in [-0.05, 0) is 28.0 Å². The van der Waals surface area contributed by atoms with E-state index in [1.165, 1.54) is 18.4 Å². The Balaban J connectivity index is 1.82. The number of rotatable bonds is 9. The number of fused-ring (bicyclic) bond motifs is 1. The molecule has 0 radical (unpaired) electrons. The summed E-state index contributed by atoms with van der Waals surface area (Å²) in [4.78, 5) is 19.3. The normalized spacial score (nSPS) is 14.0. The van der Waals surface area contributed by atoms with Crippen LogP contribution in [0.1, 0.15) is 39.0 Å². The molecular weight excluding hydrogens is 500 g/mol. The van der Waals surface area contributed by atoms with Gasteiger partial charge < -0.3 is 24.3 Å². The first-order chi connectivity index (χ1) is 14.6. The lowest BCUT2D eigenvalue weighted by molar-refractivity contribution is -0.124. The molecule has 7 nitrogen and oxygen atoms in total. The molecule has 31 heavy (non-hydrogen) atoms. The van der Waals surface area contributed by atoms with Gasteiger partial charge in [0.25, 0.3) is 0 Å². The summed E-state index contributed by atoms with van der Waals surface area (Å²) < 4.78 is 16.8. The van der Waals surface area contributed by atoms with Crippen molar-refractivity contribution in [2.24, 2.45) is 0 Å². The zero-order valence-corrected chi connectivity index (χ0v) is 21.6. The van der Waals surface area contributed by atoms with Crippen molar-refractivity contribution in [1.29, 1.82) is 0 Å². The smallest absolute Gasteiger partial charge is 0.358 e. The number of aliphatic hydroxyl groups is 1. The van der Waals surface area contributed by atoms with Crippen molar-refractivity contribution in [3.05, 3.63) is 50.0 Å². The molecule has 2 heterocycles. The van der Waals surface area contributed by atoms with Crippen molar-refractivity contribution >= 4 is 52.2 Å². The van der Waals surface area contributed by atoms with Crippen LogP contribution in [0.5, 0.6) is 0 Å². The lowest BCUT2D eigenvalue weighted by Gasteiger charge is -2.20. The second kappa shape index (κ2) is 9.93. The first-order valence-electron chi connectivity index (χ1n) is 9.82. The third kappa shape index (κ3) is 5.63. The zero-order valence-electron chi connectivity index (χ0n) is 18.2. The summed E-state index contributed by atoms with van der Waals surface area (Å²) in [5, 5.41) is 12.2. The van der Waals surface area contributed by atoms with Gasteiger partial charge in [-0.25, -0.2) is 9.78 Å². The average molecular weight is 528 g/mol. The first kappa shape index (κ1) is 24.1. The van der Waals surface area contributed by atoms with Crippen LogP contribution in [0.15, 0.2) is 28.2 Å². The number of carbonyl (C=O) groups excluding carboxylic acids is 1. The summed E-state index contributed by atoms with van der Waals surface area (Å²) in [6.07, 6.45) is 0.320. The average Bonchev–Trinajstić information content (AvgIpc) is 3.32. The fourth-order valence-corrected chi connectivity index (χ4v) is 5.36. The lowest BCUT2D eigenvalue weighted by atomic mass is 10.1. The van der Waals surface area contributed by atoms with Crippen LogP contribution in [0.25, 0.3) is 10.9 Å². The summed E-state index contributed by atoms with van der Waals surface area (Å²) in [6, 6.07) is 6.89. The molecule has 0 amide bonds. The predicted octanol–water partition coefficient (Wildman–Crippen LogP) is 5.26. The number of esters is 1. The van der Waals surface area contributed by atoms with Crippen LogP contribution in [0, 0.1) is 0 Å². The Hall–Kier alpha value is -1.56. The number of H-pyrrole nitrogens is 1. The fraction of sp³-hybridized carbons (Fsp3) is 0.429. The van der Waals surface area contributed by atoms with E-state index in [4.69, 9.17) is 14.2 Å². The van der Waals surface area contributed by atoms with Crippen molar-refractivity contribution in [1.82, 2.24) is 9.97 Å². The van der Waals surface area contributed by atoms with Crippen LogP contribution >= 0.6 is 27.3 Å². The molecule has 0 aliphatic rings. The third-order valence-electron chi connectivity index (χ3n) is 4.85. The van der Waals surface area contributed by atoms with E-state index in [1.807, 2.05) is 18.2 Å². The Morgan fingerprint density at radius 3 is 2.71 bits per heavy atom. The van der Waals surface area contributed by atoms with E-state index in [0.717, 1.165) is 22.5 Å². The van der Waals surface area contributed by atoms with Crippen molar-refractivity contribution in [3.8, 4) is 0 Å². The number of aromatic nitrogens is 2. The SMILES string of the molecule is COC(=O)c1nc(C(O)c2c[nH]c3cc(C(OC)OCC[Si](C)(C)C)ccc23)sc1Br. The Labute approximate surface area is 194 Å². The van der Waals surface area contributed by atoms with Crippen molar-refractivity contribution < 1.29 is 24.1 Å². The van der Waals surface area contributed by atoms with Gasteiger partial charge in [0.15, 0.2) is 12.0 Å². The van der Waals surface area contributed by atoms with Crippen molar-refractivity contribution in [2.45, 2.75) is 38.1 Å². The van der Waals surface area contributed by atoms with Gasteiger partial charge in [0.05, 0.1) is 7.11 Å². The Morgan fingerprint density at radius 1 is 1.32 bits per heavy atom. The van der Waals surface area contributed by atoms with E-state index in [9.17, 15) is 9.90 Å².